The Morgan fingerprint density at radius 1 is 1.13 bits per heavy atom. The summed E-state index contributed by atoms with van der Waals surface area (Å²) in [5.41, 5.74) is 3.23. The maximum absolute atomic E-state index is 5.81. The summed E-state index contributed by atoms with van der Waals surface area (Å²) in [5, 5.41) is 2.45. The topological polar surface area (TPSA) is 13.1 Å². The minimum atomic E-state index is 0.977. The highest BCUT2D eigenvalue weighted by molar-refractivity contribution is 5.79. The van der Waals surface area contributed by atoms with Crippen LogP contribution in [-0.2, 0) is 0 Å². The molecule has 3 rings (SSSR count). The summed E-state index contributed by atoms with van der Waals surface area (Å²) >= 11 is 0. The molecule has 1 aliphatic carbocycles. The van der Waals surface area contributed by atoms with Gasteiger partial charge in [0.25, 0.3) is 0 Å². The van der Waals surface area contributed by atoms with E-state index in [4.69, 9.17) is 4.42 Å². The molecule has 15 heavy (non-hydrogen) atoms. The van der Waals surface area contributed by atoms with Gasteiger partial charge in [-0.15, -0.1) is 0 Å². The van der Waals surface area contributed by atoms with Crippen LogP contribution in [0.2, 0.25) is 0 Å². The van der Waals surface area contributed by atoms with Gasteiger partial charge < -0.3 is 4.42 Å². The molecule has 0 unspecified atom stereocenters. The summed E-state index contributed by atoms with van der Waals surface area (Å²) in [5.74, 6) is 0. The smallest absolute Gasteiger partial charge is 0.135 e. The summed E-state index contributed by atoms with van der Waals surface area (Å²) in [6, 6.07) is 8.19. The van der Waals surface area contributed by atoms with Crippen molar-refractivity contribution >= 4 is 23.1 Å². The molecule has 0 bridgehead atoms. The molecule has 1 aliphatic rings. The highest BCUT2D eigenvalue weighted by Gasteiger charge is 2.02. The molecule has 0 fully saturated rings. The first-order valence-electron chi connectivity index (χ1n) is 5.21. The van der Waals surface area contributed by atoms with Gasteiger partial charge in [0, 0.05) is 10.6 Å². The molecule has 0 spiro atoms. The number of allylic oxidation sites excluding steroid dienone is 2. The van der Waals surface area contributed by atoms with Gasteiger partial charge in [0.1, 0.15) is 11.0 Å². The first-order valence-corrected chi connectivity index (χ1v) is 5.21. The predicted molar refractivity (Wildman–Crippen MR) is 62.8 cm³/mol. The lowest BCUT2D eigenvalue weighted by molar-refractivity contribution is 0.575. The second-order valence-electron chi connectivity index (χ2n) is 3.91. The number of para-hydroxylation sites is 1. The Hall–Kier alpha value is -1.76. The van der Waals surface area contributed by atoms with Crippen molar-refractivity contribution in [1.29, 1.82) is 0 Å². The molecule has 0 aliphatic heterocycles. The average molecular weight is 196 g/mol. The number of rotatable bonds is 0. The fourth-order valence-electron chi connectivity index (χ4n) is 2.03. The van der Waals surface area contributed by atoms with Crippen LogP contribution in [0, 0.1) is 0 Å². The number of furan rings is 1. The van der Waals surface area contributed by atoms with Crippen molar-refractivity contribution in [3.63, 3.8) is 0 Å². The fourth-order valence-corrected chi connectivity index (χ4v) is 2.03. The third-order valence-corrected chi connectivity index (χ3v) is 2.78. The quantitative estimate of drug-likeness (QED) is 0.630. The molecule has 74 valence electrons. The van der Waals surface area contributed by atoms with Crippen molar-refractivity contribution < 1.29 is 4.42 Å². The predicted octanol–water partition coefficient (Wildman–Crippen LogP) is 2.34. The van der Waals surface area contributed by atoms with Gasteiger partial charge in [0.2, 0.25) is 0 Å². The van der Waals surface area contributed by atoms with Crippen molar-refractivity contribution in [3.8, 4) is 0 Å². The molecule has 0 saturated heterocycles. The van der Waals surface area contributed by atoms with Crippen molar-refractivity contribution in [3.05, 3.63) is 46.5 Å². The Morgan fingerprint density at radius 2 is 2.00 bits per heavy atom. The van der Waals surface area contributed by atoms with Gasteiger partial charge in [-0.05, 0) is 25.5 Å². The van der Waals surface area contributed by atoms with Crippen LogP contribution in [0.4, 0.5) is 0 Å². The van der Waals surface area contributed by atoms with E-state index in [0.717, 1.165) is 17.4 Å². The normalized spacial score (nSPS) is 14.9. The van der Waals surface area contributed by atoms with E-state index in [0.29, 0.717) is 0 Å². The van der Waals surface area contributed by atoms with Crippen LogP contribution in [0.1, 0.15) is 13.3 Å². The molecule has 0 radical (unpaired) electrons. The van der Waals surface area contributed by atoms with E-state index in [1.54, 1.807) is 0 Å². The molecule has 1 heterocycles. The van der Waals surface area contributed by atoms with E-state index in [2.05, 4.69) is 37.3 Å². The van der Waals surface area contributed by atoms with Gasteiger partial charge in [0.05, 0.1) is 0 Å². The minimum absolute atomic E-state index is 0.977. The van der Waals surface area contributed by atoms with E-state index >= 15 is 0 Å². The first kappa shape index (κ1) is 8.54. The summed E-state index contributed by atoms with van der Waals surface area (Å²) in [4.78, 5) is 0. The van der Waals surface area contributed by atoms with Gasteiger partial charge in [-0.2, -0.15) is 0 Å². The Morgan fingerprint density at radius 3 is 2.93 bits per heavy atom. The molecule has 0 N–H and O–H groups in total. The maximum Gasteiger partial charge on any atom is 0.135 e. The average Bonchev–Trinajstić information content (AvgIpc) is 2.46. The molecular formula is C14H12O. The molecule has 0 saturated carbocycles. The van der Waals surface area contributed by atoms with Gasteiger partial charge in [-0.3, -0.25) is 0 Å². The SMILES string of the molecule is CC1=CCC=c2c(oc3ccccc23)=C1. The summed E-state index contributed by atoms with van der Waals surface area (Å²) in [6.45, 7) is 2.11. The molecule has 1 heteroatoms. The van der Waals surface area contributed by atoms with Gasteiger partial charge in [-0.1, -0.05) is 35.9 Å². The third kappa shape index (κ3) is 1.32. The molecule has 0 atom stereocenters. The second kappa shape index (κ2) is 3.13. The van der Waals surface area contributed by atoms with E-state index in [-0.39, 0.29) is 0 Å². The molecular weight excluding hydrogens is 184 g/mol. The zero-order chi connectivity index (χ0) is 10.3. The zero-order valence-corrected chi connectivity index (χ0v) is 8.66. The fraction of sp³-hybridized carbons (Fsp3) is 0.143. The number of hydrogen-bond donors (Lipinski definition) is 0. The standard InChI is InChI=1S/C14H12O/c1-10-5-4-7-12-11-6-2-3-8-13(11)15-14(12)9-10/h2-3,5-9H,4H2,1H3. The van der Waals surface area contributed by atoms with Crippen LogP contribution in [-0.4, -0.2) is 0 Å². The Bertz CT molecular complexity index is 656. The molecule has 1 aromatic heterocycles. The zero-order valence-electron chi connectivity index (χ0n) is 8.66. The summed E-state index contributed by atoms with van der Waals surface area (Å²) in [7, 11) is 0. The van der Waals surface area contributed by atoms with Crippen LogP contribution in [0.25, 0.3) is 23.1 Å². The molecule has 0 amide bonds. The van der Waals surface area contributed by atoms with Crippen LogP contribution >= 0.6 is 0 Å². The number of fused-ring (bicyclic) bond motifs is 3. The Kier molecular flexibility index (Phi) is 1.78. The lowest BCUT2D eigenvalue weighted by Gasteiger charge is -1.86. The van der Waals surface area contributed by atoms with Gasteiger partial charge >= 0.3 is 0 Å². The van der Waals surface area contributed by atoms with Crippen LogP contribution in [0.5, 0.6) is 0 Å². The van der Waals surface area contributed by atoms with Crippen LogP contribution < -0.4 is 10.6 Å². The summed E-state index contributed by atoms with van der Waals surface area (Å²) < 4.78 is 5.81. The van der Waals surface area contributed by atoms with Crippen LogP contribution in [0.3, 0.4) is 0 Å². The first-order chi connectivity index (χ1) is 7.34. The van der Waals surface area contributed by atoms with E-state index < -0.39 is 0 Å². The maximum atomic E-state index is 5.81. The minimum Gasteiger partial charge on any atom is -0.456 e. The Labute approximate surface area is 88.0 Å². The lowest BCUT2D eigenvalue weighted by Crippen LogP contribution is -2.19. The third-order valence-electron chi connectivity index (χ3n) is 2.78. The van der Waals surface area contributed by atoms with E-state index in [9.17, 15) is 0 Å². The van der Waals surface area contributed by atoms with E-state index in [1.165, 1.54) is 16.2 Å². The molecule has 2 aromatic rings. The van der Waals surface area contributed by atoms with Gasteiger partial charge in [0.15, 0.2) is 0 Å². The number of hydrogen-bond acceptors (Lipinski definition) is 1. The largest absolute Gasteiger partial charge is 0.456 e. The molecule has 1 nitrogen and oxygen atoms in total. The highest BCUT2D eigenvalue weighted by atomic mass is 16.3. The van der Waals surface area contributed by atoms with Crippen molar-refractivity contribution in [2.75, 3.05) is 0 Å². The number of benzene rings is 1. The second-order valence-corrected chi connectivity index (χ2v) is 3.91. The van der Waals surface area contributed by atoms with Crippen molar-refractivity contribution in [2.45, 2.75) is 13.3 Å². The monoisotopic (exact) mass is 196 g/mol. The van der Waals surface area contributed by atoms with Crippen molar-refractivity contribution in [2.24, 2.45) is 0 Å². The van der Waals surface area contributed by atoms with E-state index in [1.807, 2.05) is 12.1 Å². The lowest BCUT2D eigenvalue weighted by atomic mass is 10.2. The summed E-state index contributed by atoms with van der Waals surface area (Å²) in [6.07, 6.45) is 7.54. The highest BCUT2D eigenvalue weighted by Crippen LogP contribution is 2.09. The molecule has 1 aromatic carbocycles. The van der Waals surface area contributed by atoms with Gasteiger partial charge in [-0.25, -0.2) is 0 Å². The Balaban J connectivity index is 2.51. The van der Waals surface area contributed by atoms with Crippen molar-refractivity contribution in [1.82, 2.24) is 0 Å². The van der Waals surface area contributed by atoms with Crippen LogP contribution in [0.15, 0.2) is 40.3 Å².